The van der Waals surface area contributed by atoms with Crippen molar-refractivity contribution in [1.29, 1.82) is 0 Å². The lowest BCUT2D eigenvalue weighted by molar-refractivity contribution is -0.148. The van der Waals surface area contributed by atoms with Gasteiger partial charge in [-0.25, -0.2) is 4.79 Å². The minimum Gasteiger partial charge on any atom is -0.510 e. The quantitative estimate of drug-likeness (QED) is 0.222. The molecule has 2 aromatic carbocycles. The molecule has 0 heterocycles. The number of phenols is 1. The first kappa shape index (κ1) is 28.6. The van der Waals surface area contributed by atoms with Crippen molar-refractivity contribution in [3.05, 3.63) is 70.2 Å². The third kappa shape index (κ3) is 4.25. The number of ether oxygens (including phenoxy) is 2. The molecule has 5 rings (SSSR count). The van der Waals surface area contributed by atoms with Crippen LogP contribution in [0.5, 0.6) is 17.2 Å². The molecule has 7 N–H and O–H groups in total. The minimum atomic E-state index is -2.74. The summed E-state index contributed by atoms with van der Waals surface area (Å²) in [6, 6.07) is 8.00. The third-order valence-corrected chi connectivity index (χ3v) is 8.10. The molecule has 0 unspecified atom stereocenters. The molecule has 2 aromatic rings. The number of methoxy groups -OCH3 is 1. The molecule has 3 aliphatic carbocycles. The topological polar surface area (TPSA) is 209 Å². The number of aliphatic hydroxyl groups is 3. The van der Waals surface area contributed by atoms with Crippen molar-refractivity contribution in [2.75, 3.05) is 26.5 Å². The van der Waals surface area contributed by atoms with E-state index in [0.717, 1.165) is 0 Å². The number of fused-ring (bicyclic) bond motifs is 3. The van der Waals surface area contributed by atoms with Crippen molar-refractivity contribution in [1.82, 2.24) is 4.90 Å². The number of aromatic hydroxyl groups is 1. The Morgan fingerprint density at radius 2 is 1.69 bits per heavy atom. The largest absolute Gasteiger partial charge is 0.510 e. The summed E-state index contributed by atoms with van der Waals surface area (Å²) in [5.41, 5.74) is 1.43. The van der Waals surface area contributed by atoms with Gasteiger partial charge in [-0.2, -0.15) is 0 Å². The van der Waals surface area contributed by atoms with Crippen molar-refractivity contribution < 1.29 is 49.1 Å². The van der Waals surface area contributed by atoms with E-state index in [1.807, 2.05) is 0 Å². The molecule has 0 spiro atoms. The number of primary amides is 1. The third-order valence-electron chi connectivity index (χ3n) is 8.10. The zero-order chi connectivity index (χ0) is 30.7. The zero-order valence-corrected chi connectivity index (χ0v) is 22.9. The van der Waals surface area contributed by atoms with Gasteiger partial charge in [-0.15, -0.1) is 0 Å². The minimum absolute atomic E-state index is 0.0271. The second-order valence-corrected chi connectivity index (χ2v) is 10.6. The molecule has 42 heavy (non-hydrogen) atoms. The summed E-state index contributed by atoms with van der Waals surface area (Å²) in [4.78, 5) is 53.2. The maximum absolute atomic E-state index is 13.8. The molecule has 0 bridgehead atoms. The summed E-state index contributed by atoms with van der Waals surface area (Å²) in [5, 5.41) is 47.2. The van der Waals surface area contributed by atoms with Crippen molar-refractivity contribution >= 4 is 29.3 Å². The molecule has 4 atom stereocenters. The normalized spacial score (nSPS) is 25.0. The lowest BCUT2D eigenvalue weighted by Gasteiger charge is -2.50. The first-order valence-corrected chi connectivity index (χ1v) is 12.9. The summed E-state index contributed by atoms with van der Waals surface area (Å²) < 4.78 is 10.3. The maximum atomic E-state index is 13.8. The number of benzene rings is 2. The van der Waals surface area contributed by atoms with Crippen LogP contribution in [0, 0.1) is 11.8 Å². The summed E-state index contributed by atoms with van der Waals surface area (Å²) >= 11 is 0. The number of rotatable bonds is 5. The van der Waals surface area contributed by atoms with E-state index >= 15 is 0 Å². The summed E-state index contributed by atoms with van der Waals surface area (Å²) in [6.07, 6.45) is -0.860. The van der Waals surface area contributed by atoms with Gasteiger partial charge in [0.05, 0.1) is 24.4 Å². The van der Waals surface area contributed by atoms with Crippen LogP contribution in [-0.2, 0) is 16.0 Å². The van der Waals surface area contributed by atoms with Gasteiger partial charge in [0, 0.05) is 11.5 Å². The Hall–Kier alpha value is -4.88. The summed E-state index contributed by atoms with van der Waals surface area (Å²) in [7, 11) is 4.60. The number of Topliss-reactive ketones (excluding diaryl/α,β-unsaturated/α-hetero) is 2. The Morgan fingerprint density at radius 1 is 1.05 bits per heavy atom. The Balaban J connectivity index is 1.51. The van der Waals surface area contributed by atoms with Crippen molar-refractivity contribution in [3.8, 4) is 17.2 Å². The van der Waals surface area contributed by atoms with Gasteiger partial charge in [-0.05, 0) is 68.8 Å². The number of hydrogen-bond acceptors (Lipinski definition) is 11. The first-order chi connectivity index (χ1) is 19.8. The number of hydrogen-bond donors (Lipinski definition) is 6. The van der Waals surface area contributed by atoms with Crippen molar-refractivity contribution in [3.63, 3.8) is 0 Å². The molecule has 0 saturated carbocycles. The molecule has 220 valence electrons. The highest BCUT2D eigenvalue weighted by atomic mass is 16.6. The number of nitrogens with zero attached hydrogens (tertiary/aromatic N) is 1. The van der Waals surface area contributed by atoms with Crippen LogP contribution in [0.3, 0.4) is 0 Å². The fourth-order valence-electron chi connectivity index (χ4n) is 6.21. The fourth-order valence-corrected chi connectivity index (χ4v) is 6.21. The number of allylic oxidation sites excluding steroid dienone is 1. The van der Waals surface area contributed by atoms with Gasteiger partial charge in [0.15, 0.2) is 17.1 Å². The van der Waals surface area contributed by atoms with E-state index in [2.05, 4.69) is 5.32 Å². The Bertz CT molecular complexity index is 1590. The van der Waals surface area contributed by atoms with Crippen LogP contribution in [0.15, 0.2) is 59.1 Å². The number of aliphatic hydroxyl groups excluding tert-OH is 2. The number of amides is 2. The van der Waals surface area contributed by atoms with Gasteiger partial charge >= 0.3 is 6.09 Å². The second-order valence-electron chi connectivity index (χ2n) is 10.6. The molecule has 0 aliphatic heterocycles. The number of nitrogens with one attached hydrogen (secondary N) is 1. The molecule has 2 amide bonds. The predicted octanol–water partition coefficient (Wildman–Crippen LogP) is 1.74. The SMILES string of the molecule is COc1ccc(OC(=O)Nc2ccc3c(c2O)C(=O)C2=C(O)[C@]4(O)C(=O)C(C(N)=O)=C(O)[C@H](N(C)C)[C@H]4C[C@@H]2C3)cc1. The number of carbonyl (C=O) groups excluding carboxylic acids is 4. The van der Waals surface area contributed by atoms with Gasteiger partial charge in [-0.1, -0.05) is 6.07 Å². The van der Waals surface area contributed by atoms with Crippen LogP contribution in [-0.4, -0.2) is 81.7 Å². The van der Waals surface area contributed by atoms with Crippen LogP contribution in [0.2, 0.25) is 0 Å². The molecule has 0 aromatic heterocycles. The Morgan fingerprint density at radius 3 is 2.29 bits per heavy atom. The van der Waals surface area contributed by atoms with E-state index in [1.54, 1.807) is 26.2 Å². The zero-order valence-electron chi connectivity index (χ0n) is 22.9. The number of anilines is 1. The van der Waals surface area contributed by atoms with Gasteiger partial charge < -0.3 is 35.6 Å². The van der Waals surface area contributed by atoms with Gasteiger partial charge in [0.2, 0.25) is 5.78 Å². The lowest BCUT2D eigenvalue weighted by Crippen LogP contribution is -2.63. The fraction of sp³-hybridized carbons (Fsp3) is 0.310. The average Bonchev–Trinajstić information content (AvgIpc) is 2.92. The van der Waals surface area contributed by atoms with Crippen LogP contribution in [0.4, 0.5) is 10.5 Å². The van der Waals surface area contributed by atoms with E-state index in [0.29, 0.717) is 11.3 Å². The first-order valence-electron chi connectivity index (χ1n) is 12.9. The highest BCUT2D eigenvalue weighted by molar-refractivity contribution is 6.25. The van der Waals surface area contributed by atoms with Crippen LogP contribution in [0.1, 0.15) is 22.3 Å². The van der Waals surface area contributed by atoms with Crippen LogP contribution < -0.4 is 20.5 Å². The smallest absolute Gasteiger partial charge is 0.417 e. The van der Waals surface area contributed by atoms with E-state index < -0.39 is 69.9 Å². The van der Waals surface area contributed by atoms with E-state index in [1.165, 1.54) is 36.3 Å². The standard InChI is InChI=1S/C29H29N3O10/c1-32(2)21-16-11-13-10-12-4-9-17(31-28(39)42-15-7-5-14(41-3)6-8-15)22(33)18(12)23(34)19(13)25(36)29(16,40)26(37)20(24(21)35)27(30)38/h4-9,13,16,21,33,35-36,40H,10-11H2,1-3H3,(H2,30,38)(H,31,39)/t13-,16+,21+,29-/m0/s1. The molecular weight excluding hydrogens is 550 g/mol. The molecule has 0 saturated heterocycles. The molecule has 0 fully saturated rings. The molecule has 13 nitrogen and oxygen atoms in total. The van der Waals surface area contributed by atoms with Gasteiger partial charge in [0.1, 0.15) is 28.6 Å². The molecule has 3 aliphatic rings. The van der Waals surface area contributed by atoms with Crippen LogP contribution >= 0.6 is 0 Å². The second kappa shape index (κ2) is 10.2. The molecule has 0 radical (unpaired) electrons. The average molecular weight is 580 g/mol. The summed E-state index contributed by atoms with van der Waals surface area (Å²) in [5.74, 6) is -6.79. The van der Waals surface area contributed by atoms with E-state index in [4.69, 9.17) is 15.2 Å². The number of likely N-dealkylation sites (N-methyl/N-ethyl adjacent to an activating group) is 1. The van der Waals surface area contributed by atoms with Crippen molar-refractivity contribution in [2.45, 2.75) is 24.5 Å². The lowest BCUT2D eigenvalue weighted by atomic mass is 9.58. The Kier molecular flexibility index (Phi) is 6.95. The molecular formula is C29H29N3O10. The van der Waals surface area contributed by atoms with Gasteiger partial charge in [-0.3, -0.25) is 24.6 Å². The molecule has 13 heteroatoms. The number of phenolic OH excluding ortho intramolecular Hbond substituents is 1. The Labute approximate surface area is 239 Å². The number of carbonyl (C=O) groups is 4. The highest BCUT2D eigenvalue weighted by Crippen LogP contribution is 2.52. The number of ketones is 2. The summed E-state index contributed by atoms with van der Waals surface area (Å²) in [6.45, 7) is 0. The number of nitrogens with two attached hydrogens (primary N) is 1. The van der Waals surface area contributed by atoms with E-state index in [-0.39, 0.29) is 35.4 Å². The highest BCUT2D eigenvalue weighted by Gasteiger charge is 2.63. The predicted molar refractivity (Wildman–Crippen MR) is 146 cm³/mol. The monoisotopic (exact) mass is 579 g/mol. The van der Waals surface area contributed by atoms with Crippen molar-refractivity contribution in [2.24, 2.45) is 17.6 Å². The van der Waals surface area contributed by atoms with E-state index in [9.17, 15) is 39.6 Å². The van der Waals surface area contributed by atoms with Crippen LogP contribution in [0.25, 0.3) is 0 Å². The van der Waals surface area contributed by atoms with Gasteiger partial charge in [0.25, 0.3) is 5.91 Å². The maximum Gasteiger partial charge on any atom is 0.417 e.